The van der Waals surface area contributed by atoms with Crippen molar-refractivity contribution in [2.75, 3.05) is 0 Å². The molecule has 1 aliphatic rings. The molecule has 56 valence electrons. The van der Waals surface area contributed by atoms with Crippen LogP contribution in [0.15, 0.2) is 24.3 Å². The first kappa shape index (κ1) is 7.59. The Morgan fingerprint density at radius 1 is 1.50 bits per heavy atom. The molecule has 0 saturated heterocycles. The van der Waals surface area contributed by atoms with Gasteiger partial charge in [-0.25, -0.2) is 0 Å². The van der Waals surface area contributed by atoms with Crippen LogP contribution in [-0.4, -0.2) is 0 Å². The molecule has 1 rings (SSSR count). The normalized spacial score (nSPS) is 19.7. The minimum Gasteiger partial charge on any atom is -0.0991 e. The number of hydrogen-bond donors (Lipinski definition) is 0. The van der Waals surface area contributed by atoms with Crippen molar-refractivity contribution >= 4 is 0 Å². The van der Waals surface area contributed by atoms with Gasteiger partial charge in [-0.15, -0.1) is 0 Å². The van der Waals surface area contributed by atoms with Crippen LogP contribution in [0.4, 0.5) is 0 Å². The fourth-order valence-corrected chi connectivity index (χ4v) is 1.35. The van der Waals surface area contributed by atoms with Crippen molar-refractivity contribution in [1.82, 2.24) is 0 Å². The maximum atomic E-state index is 3.72. The van der Waals surface area contributed by atoms with Gasteiger partial charge in [-0.2, -0.15) is 0 Å². The predicted octanol–water partition coefficient (Wildman–Crippen LogP) is 3.16. The SMILES string of the molecule is C=C/C=C(/C(C)C)C1CC1. The van der Waals surface area contributed by atoms with E-state index in [1.807, 2.05) is 6.08 Å². The monoisotopic (exact) mass is 136 g/mol. The fourth-order valence-electron chi connectivity index (χ4n) is 1.35. The van der Waals surface area contributed by atoms with Crippen LogP contribution in [0.25, 0.3) is 0 Å². The van der Waals surface area contributed by atoms with Gasteiger partial charge in [0.15, 0.2) is 0 Å². The Hall–Kier alpha value is -0.520. The van der Waals surface area contributed by atoms with Crippen molar-refractivity contribution in [2.45, 2.75) is 26.7 Å². The van der Waals surface area contributed by atoms with E-state index in [9.17, 15) is 0 Å². The molecule has 0 N–H and O–H groups in total. The van der Waals surface area contributed by atoms with Gasteiger partial charge >= 0.3 is 0 Å². The summed E-state index contributed by atoms with van der Waals surface area (Å²) in [5, 5.41) is 0. The molecule has 0 unspecified atom stereocenters. The standard InChI is InChI=1S/C10H16/c1-4-5-10(8(2)3)9-6-7-9/h4-5,8-9H,1,6-7H2,2-3H3/b10-5-. The Morgan fingerprint density at radius 2 is 2.10 bits per heavy atom. The molecule has 0 aromatic rings. The summed E-state index contributed by atoms with van der Waals surface area (Å²) < 4.78 is 0. The lowest BCUT2D eigenvalue weighted by Crippen LogP contribution is -1.94. The maximum absolute atomic E-state index is 3.72. The van der Waals surface area contributed by atoms with Crippen molar-refractivity contribution < 1.29 is 0 Å². The molecule has 0 nitrogen and oxygen atoms in total. The predicted molar refractivity (Wildman–Crippen MR) is 45.8 cm³/mol. The van der Waals surface area contributed by atoms with Gasteiger partial charge in [0.2, 0.25) is 0 Å². The zero-order valence-corrected chi connectivity index (χ0v) is 6.93. The van der Waals surface area contributed by atoms with Crippen molar-refractivity contribution in [2.24, 2.45) is 11.8 Å². The average molecular weight is 136 g/mol. The van der Waals surface area contributed by atoms with E-state index < -0.39 is 0 Å². The lowest BCUT2D eigenvalue weighted by molar-refractivity contribution is 0.705. The Morgan fingerprint density at radius 3 is 2.40 bits per heavy atom. The van der Waals surface area contributed by atoms with Gasteiger partial charge in [0.25, 0.3) is 0 Å². The van der Waals surface area contributed by atoms with Crippen molar-refractivity contribution in [3.05, 3.63) is 24.3 Å². The quantitative estimate of drug-likeness (QED) is 0.523. The lowest BCUT2D eigenvalue weighted by atomic mass is 9.98. The minimum atomic E-state index is 0.713. The molecule has 1 fully saturated rings. The van der Waals surface area contributed by atoms with E-state index in [1.165, 1.54) is 12.8 Å². The van der Waals surface area contributed by atoms with Gasteiger partial charge in [0.1, 0.15) is 0 Å². The minimum absolute atomic E-state index is 0.713. The number of hydrogen-bond acceptors (Lipinski definition) is 0. The summed E-state index contributed by atoms with van der Waals surface area (Å²) in [6.07, 6.45) is 6.89. The van der Waals surface area contributed by atoms with Gasteiger partial charge < -0.3 is 0 Å². The summed E-state index contributed by atoms with van der Waals surface area (Å²) in [5.41, 5.74) is 1.59. The Kier molecular flexibility index (Phi) is 2.31. The van der Waals surface area contributed by atoms with E-state index in [0.29, 0.717) is 5.92 Å². The highest BCUT2D eigenvalue weighted by atomic mass is 14.3. The molecular formula is C10H16. The first-order chi connectivity index (χ1) is 4.75. The van der Waals surface area contributed by atoms with Crippen LogP contribution in [0, 0.1) is 11.8 Å². The highest BCUT2D eigenvalue weighted by Crippen LogP contribution is 2.39. The van der Waals surface area contributed by atoms with Gasteiger partial charge in [-0.3, -0.25) is 0 Å². The average Bonchev–Trinajstić information content (AvgIpc) is 2.63. The fraction of sp³-hybridized carbons (Fsp3) is 0.600. The van der Waals surface area contributed by atoms with E-state index in [2.05, 4.69) is 26.5 Å². The molecule has 10 heavy (non-hydrogen) atoms. The van der Waals surface area contributed by atoms with E-state index in [-0.39, 0.29) is 0 Å². The third-order valence-corrected chi connectivity index (χ3v) is 2.03. The molecule has 0 radical (unpaired) electrons. The molecular weight excluding hydrogens is 120 g/mol. The summed E-state index contributed by atoms with van der Waals surface area (Å²) in [5.74, 6) is 1.61. The lowest BCUT2D eigenvalue weighted by Gasteiger charge is -2.07. The van der Waals surface area contributed by atoms with E-state index in [1.54, 1.807) is 5.57 Å². The van der Waals surface area contributed by atoms with Crippen molar-refractivity contribution in [3.63, 3.8) is 0 Å². The smallest absolute Gasteiger partial charge is 0.0197 e. The molecule has 0 spiro atoms. The third-order valence-electron chi connectivity index (χ3n) is 2.03. The van der Waals surface area contributed by atoms with Crippen LogP contribution in [0.2, 0.25) is 0 Å². The number of allylic oxidation sites excluding steroid dienone is 3. The van der Waals surface area contributed by atoms with Crippen molar-refractivity contribution in [3.8, 4) is 0 Å². The maximum Gasteiger partial charge on any atom is -0.0197 e. The summed E-state index contributed by atoms with van der Waals surface area (Å²) >= 11 is 0. The zero-order valence-electron chi connectivity index (χ0n) is 6.93. The molecule has 1 aliphatic carbocycles. The molecule has 0 aromatic carbocycles. The Labute approximate surface area is 63.6 Å². The molecule has 0 aromatic heterocycles. The van der Waals surface area contributed by atoms with Crippen LogP contribution in [-0.2, 0) is 0 Å². The van der Waals surface area contributed by atoms with Crippen LogP contribution in [0.1, 0.15) is 26.7 Å². The zero-order chi connectivity index (χ0) is 7.56. The first-order valence-corrected chi connectivity index (χ1v) is 4.08. The van der Waals surface area contributed by atoms with Crippen molar-refractivity contribution in [1.29, 1.82) is 0 Å². The second-order valence-corrected chi connectivity index (χ2v) is 3.33. The van der Waals surface area contributed by atoms with Crippen LogP contribution in [0.5, 0.6) is 0 Å². The molecule has 1 saturated carbocycles. The van der Waals surface area contributed by atoms with E-state index >= 15 is 0 Å². The van der Waals surface area contributed by atoms with Gasteiger partial charge in [0, 0.05) is 0 Å². The van der Waals surface area contributed by atoms with Gasteiger partial charge in [-0.1, -0.05) is 38.2 Å². The Balaban J connectivity index is 2.57. The number of rotatable bonds is 3. The topological polar surface area (TPSA) is 0 Å². The van der Waals surface area contributed by atoms with E-state index in [4.69, 9.17) is 0 Å². The summed E-state index contributed by atoms with van der Waals surface area (Å²) in [6, 6.07) is 0. The molecule has 0 atom stereocenters. The van der Waals surface area contributed by atoms with Crippen LogP contribution < -0.4 is 0 Å². The summed E-state index contributed by atoms with van der Waals surface area (Å²) in [6.45, 7) is 8.23. The third kappa shape index (κ3) is 1.73. The second-order valence-electron chi connectivity index (χ2n) is 3.33. The van der Waals surface area contributed by atoms with E-state index in [0.717, 1.165) is 5.92 Å². The molecule has 0 heterocycles. The summed E-state index contributed by atoms with van der Waals surface area (Å²) in [4.78, 5) is 0. The van der Waals surface area contributed by atoms with Gasteiger partial charge in [-0.05, 0) is 24.7 Å². The molecule has 0 bridgehead atoms. The van der Waals surface area contributed by atoms with Crippen LogP contribution in [0.3, 0.4) is 0 Å². The molecule has 0 amide bonds. The van der Waals surface area contributed by atoms with Crippen LogP contribution >= 0.6 is 0 Å². The molecule has 0 heteroatoms. The Bertz CT molecular complexity index is 143. The first-order valence-electron chi connectivity index (χ1n) is 4.08. The highest BCUT2D eigenvalue weighted by Gasteiger charge is 2.26. The second kappa shape index (κ2) is 3.05. The highest BCUT2D eigenvalue weighted by molar-refractivity contribution is 5.19. The molecule has 0 aliphatic heterocycles. The summed E-state index contributed by atoms with van der Waals surface area (Å²) in [7, 11) is 0. The van der Waals surface area contributed by atoms with Gasteiger partial charge in [0.05, 0.1) is 0 Å². The largest absolute Gasteiger partial charge is 0.0991 e.